The predicted octanol–water partition coefficient (Wildman–Crippen LogP) is 7.90. The summed E-state index contributed by atoms with van der Waals surface area (Å²) in [6.07, 6.45) is 6.30. The van der Waals surface area contributed by atoms with Crippen molar-refractivity contribution in [1.82, 2.24) is 9.97 Å². The zero-order valence-electron chi connectivity index (χ0n) is 25.5. The van der Waals surface area contributed by atoms with E-state index in [9.17, 15) is 8.42 Å². The summed E-state index contributed by atoms with van der Waals surface area (Å²) in [5, 5.41) is 5.77. The van der Waals surface area contributed by atoms with Gasteiger partial charge in [0.25, 0.3) is 0 Å². The minimum atomic E-state index is -3.63. The van der Waals surface area contributed by atoms with Crippen molar-refractivity contribution in [1.29, 1.82) is 0 Å². The van der Waals surface area contributed by atoms with Gasteiger partial charge < -0.3 is 15.4 Å². The monoisotopic (exact) mass is 567 g/mol. The number of para-hydroxylation sites is 1. The zero-order valence-corrected chi connectivity index (χ0v) is 22.8. The Morgan fingerprint density at radius 3 is 2.59 bits per heavy atom. The molecule has 1 fully saturated rings. The second-order valence-corrected chi connectivity index (χ2v) is 12.4. The maximum Gasteiger partial charge on any atom is 0.229 e. The first kappa shape index (κ1) is 21.4. The number of aromatic nitrogens is 2. The highest BCUT2D eigenvalue weighted by molar-refractivity contribution is 7.92. The molecule has 7 nitrogen and oxygen atoms in total. The van der Waals surface area contributed by atoms with Crippen molar-refractivity contribution < 1.29 is 20.0 Å². The van der Waals surface area contributed by atoms with E-state index >= 15 is 0 Å². The van der Waals surface area contributed by atoms with Crippen LogP contribution in [0.2, 0.25) is 10.0 Å². The topological polar surface area (TPSA) is 93.2 Å². The average molecular weight is 569 g/mol. The Kier molecular flexibility index (Phi) is 6.87. The highest BCUT2D eigenvalue weighted by Crippen LogP contribution is 2.41. The molecule has 0 unspecified atom stereocenters. The molecule has 1 aromatic heterocycles. The molecule has 1 aliphatic carbocycles. The minimum Gasteiger partial charge on any atom is -0.492 e. The molecular formula is C27H32Cl2N4O3S. The van der Waals surface area contributed by atoms with Crippen molar-refractivity contribution in [3.05, 3.63) is 58.2 Å². The van der Waals surface area contributed by atoms with Crippen molar-refractivity contribution >= 4 is 56.2 Å². The van der Waals surface area contributed by atoms with Gasteiger partial charge in [-0.2, -0.15) is 4.98 Å². The van der Waals surface area contributed by atoms with Gasteiger partial charge in [0, 0.05) is 9.13 Å². The third-order valence-corrected chi connectivity index (χ3v) is 9.18. The first-order valence-corrected chi connectivity index (χ1v) is 14.3. The Bertz CT molecular complexity index is 1550. The van der Waals surface area contributed by atoms with Gasteiger partial charge in [-0.15, -0.1) is 0 Å². The van der Waals surface area contributed by atoms with Crippen molar-refractivity contribution in [2.75, 3.05) is 17.2 Å². The first-order chi connectivity index (χ1) is 19.6. The van der Waals surface area contributed by atoms with Crippen LogP contribution in [-0.4, -0.2) is 30.2 Å². The number of benzene rings is 2. The lowest BCUT2D eigenvalue weighted by Gasteiger charge is -2.24. The summed E-state index contributed by atoms with van der Waals surface area (Å²) in [5.41, 5.74) is 1.16. The van der Waals surface area contributed by atoms with E-state index in [0.717, 1.165) is 37.7 Å². The first-order valence-electron chi connectivity index (χ1n) is 14.5. The summed E-state index contributed by atoms with van der Waals surface area (Å²) in [4.78, 5) is 8.66. The second kappa shape index (κ2) is 11.9. The number of rotatable bonds is 9. The Balaban J connectivity index is 1.72. The summed E-state index contributed by atoms with van der Waals surface area (Å²) in [6.45, 7) is -2.89. The van der Waals surface area contributed by atoms with Crippen LogP contribution in [0.15, 0.2) is 47.5 Å². The quantitative estimate of drug-likeness (QED) is 0.271. The number of sulfone groups is 1. The van der Waals surface area contributed by atoms with Crippen LogP contribution >= 0.6 is 23.2 Å². The van der Waals surface area contributed by atoms with Crippen LogP contribution in [0.5, 0.6) is 5.75 Å². The number of halogens is 2. The summed E-state index contributed by atoms with van der Waals surface area (Å²) in [6, 6.07) is 9.49. The maximum absolute atomic E-state index is 12.9. The van der Waals surface area contributed by atoms with Gasteiger partial charge in [0.05, 0.1) is 37.0 Å². The van der Waals surface area contributed by atoms with E-state index in [4.69, 9.17) is 34.8 Å². The molecule has 0 bridgehead atoms. The van der Waals surface area contributed by atoms with Crippen molar-refractivity contribution in [2.24, 2.45) is 0 Å². The van der Waals surface area contributed by atoms with Gasteiger partial charge in [-0.3, -0.25) is 0 Å². The van der Waals surface area contributed by atoms with Crippen LogP contribution in [0.1, 0.15) is 71.1 Å². The standard InChI is InChI=1S/C27H32Cl2N4O3S/c1-4-36-24-14-19(18-10-6-5-7-11-18)20(28)15-23(24)32-27-30-16-21(29)26(33-27)31-22-12-8-9-13-25(22)37(34,35)17(2)3/h8-9,12-18H,4-7,10-11H2,1-3H3,(H2,30,31,32,33)/i1D3,4D2. The fourth-order valence-electron chi connectivity index (χ4n) is 4.37. The van der Waals surface area contributed by atoms with Crippen LogP contribution in [0, 0.1) is 0 Å². The Hall–Kier alpha value is -2.55. The molecule has 198 valence electrons. The fourth-order valence-corrected chi connectivity index (χ4v) is 6.03. The number of ether oxygens (including phenoxy) is 1. The molecule has 3 aromatic rings. The van der Waals surface area contributed by atoms with E-state index in [1.54, 1.807) is 38.1 Å². The van der Waals surface area contributed by atoms with Gasteiger partial charge in [-0.05, 0) is 69.3 Å². The number of nitrogens with zero attached hydrogens (tertiary/aromatic N) is 2. The van der Waals surface area contributed by atoms with Gasteiger partial charge >= 0.3 is 0 Å². The molecule has 0 radical (unpaired) electrons. The van der Waals surface area contributed by atoms with Gasteiger partial charge in [0.1, 0.15) is 10.8 Å². The number of nitrogens with one attached hydrogen (secondary N) is 2. The normalized spacial score (nSPS) is 17.3. The van der Waals surface area contributed by atoms with E-state index in [1.165, 1.54) is 18.3 Å². The average Bonchev–Trinajstić information content (AvgIpc) is 2.92. The molecule has 0 saturated heterocycles. The van der Waals surface area contributed by atoms with Gasteiger partial charge in [-0.25, -0.2) is 13.4 Å². The molecule has 1 aliphatic rings. The van der Waals surface area contributed by atoms with E-state index in [0.29, 0.717) is 5.02 Å². The lowest BCUT2D eigenvalue weighted by atomic mass is 9.84. The van der Waals surface area contributed by atoms with E-state index in [1.807, 2.05) is 0 Å². The maximum atomic E-state index is 12.9. The fraction of sp³-hybridized carbons (Fsp3) is 0.407. The summed E-state index contributed by atoms with van der Waals surface area (Å²) in [5.74, 6) is 0.159. The Morgan fingerprint density at radius 2 is 1.86 bits per heavy atom. The second-order valence-electron chi connectivity index (χ2n) is 9.14. The number of hydrogen-bond donors (Lipinski definition) is 2. The van der Waals surface area contributed by atoms with Crippen molar-refractivity contribution in [3.8, 4) is 5.75 Å². The molecule has 1 heterocycles. The van der Waals surface area contributed by atoms with Gasteiger partial charge in [0.15, 0.2) is 15.7 Å². The van der Waals surface area contributed by atoms with Crippen LogP contribution in [0.3, 0.4) is 0 Å². The van der Waals surface area contributed by atoms with Crippen molar-refractivity contribution in [3.63, 3.8) is 0 Å². The third kappa shape index (κ3) is 6.30. The molecule has 2 aromatic carbocycles. The molecule has 0 aliphatic heterocycles. The molecule has 0 atom stereocenters. The van der Waals surface area contributed by atoms with Crippen LogP contribution in [0.4, 0.5) is 23.1 Å². The molecule has 1 saturated carbocycles. The summed E-state index contributed by atoms with van der Waals surface area (Å²) < 4.78 is 70.3. The minimum absolute atomic E-state index is 0.00752. The molecular weight excluding hydrogens is 531 g/mol. The Labute approximate surface area is 235 Å². The third-order valence-electron chi connectivity index (χ3n) is 6.36. The number of anilines is 4. The molecule has 2 N–H and O–H groups in total. The molecule has 10 heteroatoms. The van der Waals surface area contributed by atoms with E-state index in [-0.39, 0.29) is 44.7 Å². The number of hydrogen-bond acceptors (Lipinski definition) is 7. The Morgan fingerprint density at radius 1 is 1.11 bits per heavy atom. The molecule has 0 spiro atoms. The predicted molar refractivity (Wildman–Crippen MR) is 151 cm³/mol. The van der Waals surface area contributed by atoms with Gasteiger partial charge in [-0.1, -0.05) is 54.6 Å². The largest absolute Gasteiger partial charge is 0.492 e. The molecule has 4 rings (SSSR count). The summed E-state index contributed by atoms with van der Waals surface area (Å²) in [7, 11) is -3.63. The smallest absolute Gasteiger partial charge is 0.229 e. The highest BCUT2D eigenvalue weighted by atomic mass is 35.5. The zero-order chi connectivity index (χ0) is 30.9. The highest BCUT2D eigenvalue weighted by Gasteiger charge is 2.24. The summed E-state index contributed by atoms with van der Waals surface area (Å²) >= 11 is 13.0. The van der Waals surface area contributed by atoms with Crippen LogP contribution in [-0.2, 0) is 9.84 Å². The van der Waals surface area contributed by atoms with Gasteiger partial charge in [0.2, 0.25) is 5.95 Å². The molecule has 0 amide bonds. The van der Waals surface area contributed by atoms with Crippen LogP contribution < -0.4 is 15.4 Å². The molecule has 37 heavy (non-hydrogen) atoms. The van der Waals surface area contributed by atoms with Crippen LogP contribution in [0.25, 0.3) is 0 Å². The van der Waals surface area contributed by atoms with Crippen molar-refractivity contribution in [2.45, 2.75) is 68.9 Å². The van der Waals surface area contributed by atoms with E-state index in [2.05, 4.69) is 20.6 Å². The lowest BCUT2D eigenvalue weighted by Crippen LogP contribution is -2.15. The SMILES string of the molecule is [2H]C([2H])([2H])C([2H])([2H])Oc1cc(C2CCCCC2)c(Cl)cc1Nc1ncc(Cl)c(Nc2ccccc2S(=O)(=O)C(C)C)n1. The van der Waals surface area contributed by atoms with E-state index < -0.39 is 28.5 Å². The lowest BCUT2D eigenvalue weighted by molar-refractivity contribution is 0.340.